The van der Waals surface area contributed by atoms with Gasteiger partial charge >= 0.3 is 0 Å². The predicted octanol–water partition coefficient (Wildman–Crippen LogP) is 4.13. The van der Waals surface area contributed by atoms with Gasteiger partial charge in [-0.25, -0.2) is 0 Å². The fourth-order valence-electron chi connectivity index (χ4n) is 2.86. The van der Waals surface area contributed by atoms with E-state index < -0.39 is 10.1 Å². The zero-order valence-corrected chi connectivity index (χ0v) is 13.8. The Bertz CT molecular complexity index is 526. The van der Waals surface area contributed by atoms with E-state index in [2.05, 4.69) is 20.8 Å². The van der Waals surface area contributed by atoms with E-state index >= 15 is 0 Å². The van der Waals surface area contributed by atoms with Gasteiger partial charge in [0, 0.05) is 0 Å². The Labute approximate surface area is 122 Å². The van der Waals surface area contributed by atoms with Crippen molar-refractivity contribution in [1.82, 2.24) is 6.15 Å². The molecule has 0 saturated carbocycles. The van der Waals surface area contributed by atoms with Gasteiger partial charge < -0.3 is 6.15 Å². The predicted molar refractivity (Wildman–Crippen MR) is 83.2 cm³/mol. The summed E-state index contributed by atoms with van der Waals surface area (Å²) in [6.45, 7) is 8.52. The number of hydrogen-bond donors (Lipinski definition) is 2. The molecular formula is C15H27NO3S. The SMILES string of the molecule is CCc1cc(S(=O)(=O)O)ccc1C(CC)(CC)CC.N. The smallest absolute Gasteiger partial charge is 0.294 e. The van der Waals surface area contributed by atoms with Gasteiger partial charge in [0.15, 0.2) is 0 Å². The van der Waals surface area contributed by atoms with Gasteiger partial charge in [0.05, 0.1) is 4.90 Å². The number of hydrogen-bond acceptors (Lipinski definition) is 3. The highest BCUT2D eigenvalue weighted by Crippen LogP contribution is 2.37. The Kier molecular flexibility index (Phi) is 6.87. The van der Waals surface area contributed by atoms with Crippen molar-refractivity contribution in [1.29, 1.82) is 0 Å². The van der Waals surface area contributed by atoms with Crippen LogP contribution in [-0.4, -0.2) is 13.0 Å². The minimum Gasteiger partial charge on any atom is -0.344 e. The van der Waals surface area contributed by atoms with Crippen molar-refractivity contribution in [2.45, 2.75) is 63.7 Å². The van der Waals surface area contributed by atoms with E-state index in [4.69, 9.17) is 4.55 Å². The lowest BCUT2D eigenvalue weighted by Crippen LogP contribution is -2.25. The van der Waals surface area contributed by atoms with Crippen LogP contribution in [-0.2, 0) is 22.0 Å². The summed E-state index contributed by atoms with van der Waals surface area (Å²) in [7, 11) is -4.12. The van der Waals surface area contributed by atoms with Crippen molar-refractivity contribution in [3.8, 4) is 0 Å². The fraction of sp³-hybridized carbons (Fsp3) is 0.600. The first-order valence-corrected chi connectivity index (χ1v) is 8.39. The Balaban J connectivity index is 0.00000361. The van der Waals surface area contributed by atoms with Crippen molar-refractivity contribution in [2.24, 2.45) is 0 Å². The van der Waals surface area contributed by atoms with Crippen molar-refractivity contribution in [2.75, 3.05) is 0 Å². The summed E-state index contributed by atoms with van der Waals surface area (Å²) >= 11 is 0. The maximum absolute atomic E-state index is 11.2. The van der Waals surface area contributed by atoms with E-state index in [9.17, 15) is 8.42 Å². The maximum atomic E-state index is 11.2. The van der Waals surface area contributed by atoms with Gasteiger partial charge in [0.1, 0.15) is 0 Å². The van der Waals surface area contributed by atoms with E-state index in [0.29, 0.717) is 0 Å². The largest absolute Gasteiger partial charge is 0.344 e. The second-order valence-corrected chi connectivity index (χ2v) is 6.41. The topological polar surface area (TPSA) is 89.4 Å². The Hall–Kier alpha value is -0.910. The fourth-order valence-corrected chi connectivity index (χ4v) is 3.39. The molecule has 0 aliphatic carbocycles. The van der Waals surface area contributed by atoms with Gasteiger partial charge in [0.25, 0.3) is 10.1 Å². The maximum Gasteiger partial charge on any atom is 0.294 e. The molecule has 0 fully saturated rings. The Morgan fingerprint density at radius 3 is 1.90 bits per heavy atom. The molecule has 116 valence electrons. The van der Waals surface area contributed by atoms with Crippen LogP contribution in [0.5, 0.6) is 0 Å². The molecule has 0 unspecified atom stereocenters. The van der Waals surface area contributed by atoms with Crippen LogP contribution in [0, 0.1) is 0 Å². The molecule has 0 aliphatic rings. The van der Waals surface area contributed by atoms with Crippen molar-refractivity contribution in [3.63, 3.8) is 0 Å². The molecule has 0 atom stereocenters. The molecule has 0 radical (unpaired) electrons. The van der Waals surface area contributed by atoms with Crippen molar-refractivity contribution >= 4 is 10.1 Å². The molecule has 0 saturated heterocycles. The van der Waals surface area contributed by atoms with Crippen molar-refractivity contribution < 1.29 is 13.0 Å². The first kappa shape index (κ1) is 19.1. The van der Waals surface area contributed by atoms with E-state index in [1.165, 1.54) is 11.6 Å². The quantitative estimate of drug-likeness (QED) is 0.773. The third kappa shape index (κ3) is 3.59. The van der Waals surface area contributed by atoms with E-state index in [1.54, 1.807) is 6.07 Å². The van der Waals surface area contributed by atoms with E-state index in [-0.39, 0.29) is 16.5 Å². The second kappa shape index (κ2) is 7.20. The summed E-state index contributed by atoms with van der Waals surface area (Å²) in [6, 6.07) is 5.00. The highest BCUT2D eigenvalue weighted by atomic mass is 32.2. The molecule has 5 heteroatoms. The molecule has 1 aromatic rings. The average Bonchev–Trinajstić information content (AvgIpc) is 2.40. The molecule has 20 heavy (non-hydrogen) atoms. The standard InChI is InChI=1S/C15H24O3S.H3N/c1-5-12-11-13(19(16,17)18)9-10-14(12)15(6-2,7-3)8-4;/h9-11H,5-8H2,1-4H3,(H,16,17,18);1H3. The van der Waals surface area contributed by atoms with Gasteiger partial charge in [-0.05, 0) is 54.4 Å². The zero-order valence-electron chi connectivity index (χ0n) is 12.9. The Morgan fingerprint density at radius 2 is 1.55 bits per heavy atom. The molecule has 0 bridgehead atoms. The Morgan fingerprint density at radius 1 is 1.05 bits per heavy atom. The van der Waals surface area contributed by atoms with Crippen LogP contribution in [0.15, 0.2) is 23.1 Å². The molecule has 4 nitrogen and oxygen atoms in total. The highest BCUT2D eigenvalue weighted by molar-refractivity contribution is 7.85. The van der Waals surface area contributed by atoms with Crippen LogP contribution >= 0.6 is 0 Å². The van der Waals surface area contributed by atoms with Crippen LogP contribution in [0.4, 0.5) is 0 Å². The lowest BCUT2D eigenvalue weighted by atomic mass is 9.72. The summed E-state index contributed by atoms with van der Waals surface area (Å²) in [5.74, 6) is 0. The molecule has 0 spiro atoms. The van der Waals surface area contributed by atoms with Gasteiger partial charge in [0.2, 0.25) is 0 Å². The van der Waals surface area contributed by atoms with Crippen LogP contribution in [0.1, 0.15) is 58.1 Å². The normalized spacial score (nSPS) is 12.1. The van der Waals surface area contributed by atoms with Crippen LogP contribution in [0.3, 0.4) is 0 Å². The molecule has 1 aromatic carbocycles. The summed E-state index contributed by atoms with van der Waals surface area (Å²) < 4.78 is 31.6. The lowest BCUT2D eigenvalue weighted by Gasteiger charge is -2.33. The second-order valence-electron chi connectivity index (χ2n) is 4.99. The molecule has 0 heterocycles. The number of aryl methyl sites for hydroxylation is 1. The number of rotatable bonds is 6. The molecule has 0 aliphatic heterocycles. The van der Waals surface area contributed by atoms with Gasteiger partial charge in [-0.2, -0.15) is 8.42 Å². The van der Waals surface area contributed by atoms with Crippen LogP contribution in [0.25, 0.3) is 0 Å². The van der Waals surface area contributed by atoms with Gasteiger partial charge in [-0.3, -0.25) is 4.55 Å². The summed E-state index contributed by atoms with van der Waals surface area (Å²) in [4.78, 5) is -0.00897. The molecule has 1 rings (SSSR count). The molecular weight excluding hydrogens is 274 g/mol. The zero-order chi connectivity index (χ0) is 14.7. The van der Waals surface area contributed by atoms with Crippen LogP contribution < -0.4 is 6.15 Å². The van der Waals surface area contributed by atoms with Gasteiger partial charge in [-0.15, -0.1) is 0 Å². The third-order valence-corrected chi connectivity index (χ3v) is 5.21. The number of benzene rings is 1. The summed E-state index contributed by atoms with van der Waals surface area (Å²) in [5, 5.41) is 0. The highest BCUT2D eigenvalue weighted by Gasteiger charge is 2.29. The molecule has 0 aromatic heterocycles. The van der Waals surface area contributed by atoms with Gasteiger partial charge in [-0.1, -0.05) is 33.8 Å². The van der Waals surface area contributed by atoms with Crippen molar-refractivity contribution in [3.05, 3.63) is 29.3 Å². The van der Waals surface area contributed by atoms with E-state index in [1.807, 2.05) is 13.0 Å². The summed E-state index contributed by atoms with van der Waals surface area (Å²) in [6.07, 6.45) is 3.84. The first-order chi connectivity index (χ1) is 8.84. The van der Waals surface area contributed by atoms with Crippen LogP contribution in [0.2, 0.25) is 0 Å². The van der Waals surface area contributed by atoms with E-state index in [0.717, 1.165) is 31.2 Å². The lowest BCUT2D eigenvalue weighted by molar-refractivity contribution is 0.378. The monoisotopic (exact) mass is 301 g/mol. The molecule has 4 N–H and O–H groups in total. The average molecular weight is 301 g/mol. The minimum absolute atomic E-state index is 0. The minimum atomic E-state index is -4.12. The molecule has 0 amide bonds. The third-order valence-electron chi connectivity index (χ3n) is 4.36. The summed E-state index contributed by atoms with van der Waals surface area (Å²) in [5.41, 5.74) is 2.33. The first-order valence-electron chi connectivity index (χ1n) is 6.95.